The van der Waals surface area contributed by atoms with Crippen molar-refractivity contribution in [2.24, 2.45) is 0 Å². The molecule has 0 saturated carbocycles. The van der Waals surface area contributed by atoms with Gasteiger partial charge in [-0.1, -0.05) is 45.2 Å². The number of halogens is 2. The van der Waals surface area contributed by atoms with Crippen LogP contribution in [-0.2, 0) is 19.6 Å². The van der Waals surface area contributed by atoms with Gasteiger partial charge in [-0.2, -0.15) is 0 Å². The highest BCUT2D eigenvalue weighted by atomic mass is 79.9. The van der Waals surface area contributed by atoms with E-state index in [0.717, 1.165) is 9.87 Å². The van der Waals surface area contributed by atoms with Gasteiger partial charge in [0.15, 0.2) is 0 Å². The predicted octanol–water partition coefficient (Wildman–Crippen LogP) is 4.17. The van der Waals surface area contributed by atoms with Gasteiger partial charge in [-0.3, -0.25) is 9.10 Å². The maximum absolute atomic E-state index is 13.1. The first kappa shape index (κ1) is 19.8. The van der Waals surface area contributed by atoms with Crippen LogP contribution in [-0.4, -0.2) is 27.5 Å². The molecule has 2 aromatic rings. The lowest BCUT2D eigenvalue weighted by Crippen LogP contribution is -2.36. The lowest BCUT2D eigenvalue weighted by atomic mass is 10.2. The number of hydrogen-bond donors (Lipinski definition) is 0. The molecule has 0 unspecified atom stereocenters. The van der Waals surface area contributed by atoms with E-state index in [1.807, 2.05) is 6.92 Å². The Morgan fingerprint density at radius 3 is 2.40 bits per heavy atom. The Hall–Kier alpha value is -1.57. The number of esters is 1. The minimum Gasteiger partial charge on any atom is -0.465 e. The highest BCUT2D eigenvalue weighted by Gasteiger charge is 2.29. The minimum absolute atomic E-state index is 0.0707. The molecule has 25 heavy (non-hydrogen) atoms. The van der Waals surface area contributed by atoms with E-state index in [1.54, 1.807) is 31.2 Å². The van der Waals surface area contributed by atoms with E-state index in [0.29, 0.717) is 4.47 Å². The van der Waals surface area contributed by atoms with Crippen LogP contribution in [0.2, 0.25) is 5.02 Å². The van der Waals surface area contributed by atoms with Gasteiger partial charge >= 0.3 is 5.97 Å². The van der Waals surface area contributed by atoms with Gasteiger partial charge in [0, 0.05) is 4.47 Å². The van der Waals surface area contributed by atoms with E-state index in [9.17, 15) is 13.2 Å². The Balaban J connectivity index is 2.53. The van der Waals surface area contributed by atoms with Crippen molar-refractivity contribution in [3.63, 3.8) is 0 Å². The second kappa shape index (κ2) is 8.21. The van der Waals surface area contributed by atoms with Gasteiger partial charge in [0.05, 0.1) is 22.2 Å². The number of sulfonamides is 1. The predicted molar refractivity (Wildman–Crippen MR) is 101 cm³/mol. The Morgan fingerprint density at radius 1 is 1.20 bits per heavy atom. The van der Waals surface area contributed by atoms with Gasteiger partial charge in [-0.05, 0) is 44.2 Å². The normalized spacial score (nSPS) is 11.2. The summed E-state index contributed by atoms with van der Waals surface area (Å²) in [6.45, 7) is 3.21. The SMILES string of the molecule is CCOC(=O)CN(c1ccc(Br)cc1Cl)S(=O)(=O)c1ccc(C)cc1. The van der Waals surface area contributed by atoms with Gasteiger partial charge in [0.1, 0.15) is 6.54 Å². The fourth-order valence-corrected chi connectivity index (χ4v) is 4.40. The molecule has 0 heterocycles. The molecule has 2 rings (SSSR count). The Kier molecular flexibility index (Phi) is 6.48. The van der Waals surface area contributed by atoms with Crippen LogP contribution in [0, 0.1) is 6.92 Å². The van der Waals surface area contributed by atoms with Crippen molar-refractivity contribution in [3.8, 4) is 0 Å². The summed E-state index contributed by atoms with van der Waals surface area (Å²) < 4.78 is 32.7. The molecular formula is C17H17BrClNO4S. The van der Waals surface area contributed by atoms with Crippen molar-refractivity contribution in [1.29, 1.82) is 0 Å². The molecule has 0 aliphatic heterocycles. The summed E-state index contributed by atoms with van der Waals surface area (Å²) in [5.74, 6) is -0.655. The van der Waals surface area contributed by atoms with Crippen molar-refractivity contribution < 1.29 is 17.9 Å². The average Bonchev–Trinajstić information content (AvgIpc) is 2.54. The molecule has 0 aromatic heterocycles. The summed E-state index contributed by atoms with van der Waals surface area (Å²) in [5, 5.41) is 0.203. The summed E-state index contributed by atoms with van der Waals surface area (Å²) >= 11 is 9.50. The molecule has 0 aliphatic carbocycles. The maximum atomic E-state index is 13.1. The molecule has 0 fully saturated rings. The van der Waals surface area contributed by atoms with Crippen molar-refractivity contribution >= 4 is 49.2 Å². The fraction of sp³-hybridized carbons (Fsp3) is 0.235. The average molecular weight is 447 g/mol. The van der Waals surface area contributed by atoms with Crippen LogP contribution >= 0.6 is 27.5 Å². The number of rotatable bonds is 6. The molecule has 0 N–H and O–H groups in total. The van der Waals surface area contributed by atoms with Gasteiger partial charge in [0.2, 0.25) is 0 Å². The third-order valence-electron chi connectivity index (χ3n) is 3.37. The number of nitrogens with zero attached hydrogens (tertiary/aromatic N) is 1. The monoisotopic (exact) mass is 445 g/mol. The number of carbonyl (C=O) groups is 1. The number of carbonyl (C=O) groups excluding carboxylic acids is 1. The fourth-order valence-electron chi connectivity index (χ4n) is 2.14. The van der Waals surface area contributed by atoms with Crippen LogP contribution in [0.5, 0.6) is 0 Å². The smallest absolute Gasteiger partial charge is 0.326 e. The quantitative estimate of drug-likeness (QED) is 0.625. The maximum Gasteiger partial charge on any atom is 0.326 e. The van der Waals surface area contributed by atoms with Gasteiger partial charge < -0.3 is 4.74 Å². The largest absolute Gasteiger partial charge is 0.465 e. The number of anilines is 1. The first-order valence-electron chi connectivity index (χ1n) is 7.45. The molecule has 0 saturated heterocycles. The van der Waals surface area contributed by atoms with E-state index in [-0.39, 0.29) is 22.2 Å². The van der Waals surface area contributed by atoms with Crippen LogP contribution in [0.1, 0.15) is 12.5 Å². The molecular weight excluding hydrogens is 430 g/mol. The van der Waals surface area contributed by atoms with E-state index in [4.69, 9.17) is 16.3 Å². The zero-order chi connectivity index (χ0) is 18.6. The third kappa shape index (κ3) is 4.74. The Bertz CT molecular complexity index is 869. The highest BCUT2D eigenvalue weighted by molar-refractivity contribution is 9.10. The number of benzene rings is 2. The molecule has 0 spiro atoms. The molecule has 0 bridgehead atoms. The minimum atomic E-state index is -3.99. The topological polar surface area (TPSA) is 63.7 Å². The Morgan fingerprint density at radius 2 is 1.84 bits per heavy atom. The number of hydrogen-bond acceptors (Lipinski definition) is 4. The molecule has 5 nitrogen and oxygen atoms in total. The van der Waals surface area contributed by atoms with Crippen molar-refractivity contribution in [2.45, 2.75) is 18.7 Å². The van der Waals surface area contributed by atoms with E-state index >= 15 is 0 Å². The van der Waals surface area contributed by atoms with Crippen LogP contribution in [0.4, 0.5) is 5.69 Å². The summed E-state index contributed by atoms with van der Waals surface area (Å²) in [7, 11) is -3.99. The second-order valence-corrected chi connectivity index (χ2v) is 8.41. The second-order valence-electron chi connectivity index (χ2n) is 5.23. The molecule has 0 atom stereocenters. The lowest BCUT2D eigenvalue weighted by Gasteiger charge is -2.24. The first-order valence-corrected chi connectivity index (χ1v) is 10.1. The third-order valence-corrected chi connectivity index (χ3v) is 5.94. The van der Waals surface area contributed by atoms with Gasteiger partial charge in [0.25, 0.3) is 10.0 Å². The number of aryl methyl sites for hydroxylation is 1. The van der Waals surface area contributed by atoms with E-state index in [1.165, 1.54) is 18.2 Å². The van der Waals surface area contributed by atoms with Crippen molar-refractivity contribution in [2.75, 3.05) is 17.5 Å². The van der Waals surface area contributed by atoms with E-state index in [2.05, 4.69) is 15.9 Å². The Labute approximate surface area is 160 Å². The molecule has 0 radical (unpaired) electrons. The van der Waals surface area contributed by atoms with Crippen LogP contribution in [0.25, 0.3) is 0 Å². The standard InChI is InChI=1S/C17H17BrClNO4S/c1-3-24-17(21)11-20(16-9-6-13(18)10-15(16)19)25(22,23)14-7-4-12(2)5-8-14/h4-10H,3,11H2,1-2H3. The lowest BCUT2D eigenvalue weighted by molar-refractivity contribution is -0.141. The summed E-state index contributed by atoms with van der Waals surface area (Å²) in [4.78, 5) is 12.0. The van der Waals surface area contributed by atoms with Crippen LogP contribution < -0.4 is 4.31 Å². The highest BCUT2D eigenvalue weighted by Crippen LogP contribution is 2.32. The van der Waals surface area contributed by atoms with Crippen molar-refractivity contribution in [3.05, 3.63) is 57.5 Å². The molecule has 0 aliphatic rings. The zero-order valence-corrected chi connectivity index (χ0v) is 16.9. The van der Waals surface area contributed by atoms with Crippen LogP contribution in [0.3, 0.4) is 0 Å². The van der Waals surface area contributed by atoms with Gasteiger partial charge in [-0.25, -0.2) is 8.42 Å². The van der Waals surface area contributed by atoms with Gasteiger partial charge in [-0.15, -0.1) is 0 Å². The summed E-state index contributed by atoms with van der Waals surface area (Å²) in [5.41, 5.74) is 1.14. The number of ether oxygens (including phenoxy) is 1. The van der Waals surface area contributed by atoms with Crippen LogP contribution in [0.15, 0.2) is 51.8 Å². The zero-order valence-electron chi connectivity index (χ0n) is 13.7. The molecule has 134 valence electrons. The van der Waals surface area contributed by atoms with Crippen molar-refractivity contribution in [1.82, 2.24) is 0 Å². The summed E-state index contributed by atoms with van der Waals surface area (Å²) in [6, 6.07) is 11.1. The molecule has 8 heteroatoms. The first-order chi connectivity index (χ1) is 11.8. The summed E-state index contributed by atoms with van der Waals surface area (Å²) in [6.07, 6.45) is 0. The molecule has 2 aromatic carbocycles. The van der Waals surface area contributed by atoms with E-state index < -0.39 is 22.5 Å². The molecule has 0 amide bonds.